The molecular formula is C15H32O. The highest BCUT2D eigenvalue weighted by molar-refractivity contribution is 4.50. The van der Waals surface area contributed by atoms with Crippen LogP contribution in [-0.2, 0) is 0 Å². The molecule has 0 rings (SSSR count). The van der Waals surface area contributed by atoms with Crippen molar-refractivity contribution < 1.29 is 5.11 Å². The van der Waals surface area contributed by atoms with E-state index in [1.807, 2.05) is 6.92 Å². The molecule has 0 bridgehead atoms. The Labute approximate surface area is 103 Å². The van der Waals surface area contributed by atoms with Crippen molar-refractivity contribution in [3.63, 3.8) is 0 Å². The third kappa shape index (κ3) is 14.0. The van der Waals surface area contributed by atoms with Gasteiger partial charge in [0.15, 0.2) is 0 Å². The third-order valence-corrected chi connectivity index (χ3v) is 3.23. The van der Waals surface area contributed by atoms with Gasteiger partial charge in [0, 0.05) is 0 Å². The Morgan fingerprint density at radius 2 is 1.06 bits per heavy atom. The van der Waals surface area contributed by atoms with Crippen LogP contribution in [0.4, 0.5) is 0 Å². The molecule has 0 aromatic carbocycles. The van der Waals surface area contributed by atoms with Crippen LogP contribution >= 0.6 is 0 Å². The van der Waals surface area contributed by atoms with E-state index in [1.165, 1.54) is 70.6 Å². The summed E-state index contributed by atoms with van der Waals surface area (Å²) in [6, 6.07) is 0. The molecule has 98 valence electrons. The van der Waals surface area contributed by atoms with Gasteiger partial charge in [0.1, 0.15) is 0 Å². The predicted octanol–water partition coefficient (Wildman–Crippen LogP) is 5.07. The number of aliphatic hydroxyl groups excluding tert-OH is 1. The Kier molecular flexibility index (Phi) is 13.0. The summed E-state index contributed by atoms with van der Waals surface area (Å²) in [7, 11) is 0. The van der Waals surface area contributed by atoms with Gasteiger partial charge in [-0.3, -0.25) is 0 Å². The quantitative estimate of drug-likeness (QED) is 0.462. The van der Waals surface area contributed by atoms with E-state index < -0.39 is 0 Å². The van der Waals surface area contributed by atoms with Crippen molar-refractivity contribution in [2.45, 2.75) is 97.0 Å². The van der Waals surface area contributed by atoms with Crippen molar-refractivity contribution >= 4 is 0 Å². The van der Waals surface area contributed by atoms with Crippen molar-refractivity contribution in [3.05, 3.63) is 0 Å². The molecule has 0 radical (unpaired) electrons. The molecule has 0 heterocycles. The van der Waals surface area contributed by atoms with E-state index >= 15 is 0 Å². The topological polar surface area (TPSA) is 20.2 Å². The first kappa shape index (κ1) is 16.0. The summed E-state index contributed by atoms with van der Waals surface area (Å²) in [5, 5.41) is 9.10. The van der Waals surface area contributed by atoms with E-state index in [1.54, 1.807) is 0 Å². The van der Waals surface area contributed by atoms with E-state index in [2.05, 4.69) is 6.92 Å². The maximum Gasteiger partial charge on any atom is 0.0512 e. The highest BCUT2D eigenvalue weighted by atomic mass is 16.3. The number of aliphatic hydroxyl groups is 1. The maximum atomic E-state index is 9.10. The molecule has 1 nitrogen and oxygen atoms in total. The summed E-state index contributed by atoms with van der Waals surface area (Å²) in [6.07, 6.45) is 16.1. The van der Waals surface area contributed by atoms with Crippen molar-refractivity contribution in [3.8, 4) is 0 Å². The zero-order valence-electron chi connectivity index (χ0n) is 11.5. The maximum absolute atomic E-state index is 9.10. The molecule has 0 aromatic heterocycles. The van der Waals surface area contributed by atoms with Gasteiger partial charge in [-0.05, 0) is 13.3 Å². The highest BCUT2D eigenvalue weighted by Crippen LogP contribution is 2.12. The number of unbranched alkanes of at least 4 members (excludes halogenated alkanes) is 10. The van der Waals surface area contributed by atoms with E-state index in [9.17, 15) is 0 Å². The van der Waals surface area contributed by atoms with Crippen molar-refractivity contribution in [1.82, 2.24) is 0 Å². The van der Waals surface area contributed by atoms with Gasteiger partial charge in [-0.25, -0.2) is 0 Å². The lowest BCUT2D eigenvalue weighted by atomic mass is 10.0. The van der Waals surface area contributed by atoms with E-state index in [0.29, 0.717) is 0 Å². The van der Waals surface area contributed by atoms with Gasteiger partial charge in [0.25, 0.3) is 0 Å². The molecule has 0 fully saturated rings. The van der Waals surface area contributed by atoms with E-state index in [-0.39, 0.29) is 6.10 Å². The SMILES string of the molecule is CCCCCCCCCCCCC[C@@H](C)O. The summed E-state index contributed by atoms with van der Waals surface area (Å²) < 4.78 is 0. The summed E-state index contributed by atoms with van der Waals surface area (Å²) in [5.74, 6) is 0. The average Bonchev–Trinajstić information content (AvgIpc) is 2.25. The summed E-state index contributed by atoms with van der Waals surface area (Å²) in [4.78, 5) is 0. The molecule has 0 spiro atoms. The van der Waals surface area contributed by atoms with E-state index in [4.69, 9.17) is 5.11 Å². The lowest BCUT2D eigenvalue weighted by Crippen LogP contribution is -1.98. The van der Waals surface area contributed by atoms with Crippen molar-refractivity contribution in [2.24, 2.45) is 0 Å². The second-order valence-corrected chi connectivity index (χ2v) is 5.17. The van der Waals surface area contributed by atoms with Gasteiger partial charge < -0.3 is 5.11 Å². The number of rotatable bonds is 12. The Bertz CT molecular complexity index is 121. The van der Waals surface area contributed by atoms with Crippen molar-refractivity contribution in [2.75, 3.05) is 0 Å². The molecule has 0 saturated heterocycles. The van der Waals surface area contributed by atoms with Gasteiger partial charge in [0.05, 0.1) is 6.10 Å². The minimum Gasteiger partial charge on any atom is -0.393 e. The minimum atomic E-state index is -0.0986. The first-order valence-electron chi connectivity index (χ1n) is 7.45. The Morgan fingerprint density at radius 1 is 0.688 bits per heavy atom. The molecule has 1 N–H and O–H groups in total. The lowest BCUT2D eigenvalue weighted by Gasteiger charge is -2.04. The van der Waals surface area contributed by atoms with Crippen LogP contribution in [0.1, 0.15) is 90.9 Å². The summed E-state index contributed by atoms with van der Waals surface area (Å²) in [6.45, 7) is 4.16. The van der Waals surface area contributed by atoms with Gasteiger partial charge in [-0.15, -0.1) is 0 Å². The lowest BCUT2D eigenvalue weighted by molar-refractivity contribution is 0.180. The predicted molar refractivity (Wildman–Crippen MR) is 72.8 cm³/mol. The Hall–Kier alpha value is -0.0400. The zero-order valence-corrected chi connectivity index (χ0v) is 11.5. The van der Waals surface area contributed by atoms with Crippen LogP contribution < -0.4 is 0 Å². The smallest absolute Gasteiger partial charge is 0.0512 e. The molecule has 0 saturated carbocycles. The highest BCUT2D eigenvalue weighted by Gasteiger charge is 1.95. The van der Waals surface area contributed by atoms with E-state index in [0.717, 1.165) is 6.42 Å². The first-order valence-corrected chi connectivity index (χ1v) is 7.45. The van der Waals surface area contributed by atoms with Crippen molar-refractivity contribution in [1.29, 1.82) is 0 Å². The number of hydrogen-bond acceptors (Lipinski definition) is 1. The fourth-order valence-electron chi connectivity index (χ4n) is 2.10. The molecule has 0 aromatic rings. The standard InChI is InChI=1S/C15H32O/c1-3-4-5-6-7-8-9-10-11-12-13-14-15(2)16/h15-16H,3-14H2,1-2H3/t15-/m1/s1. The molecule has 0 unspecified atom stereocenters. The fourth-order valence-corrected chi connectivity index (χ4v) is 2.10. The van der Waals surface area contributed by atoms with Crippen LogP contribution in [-0.4, -0.2) is 11.2 Å². The Morgan fingerprint density at radius 3 is 1.44 bits per heavy atom. The molecule has 0 aliphatic heterocycles. The third-order valence-electron chi connectivity index (χ3n) is 3.23. The second kappa shape index (κ2) is 13.0. The molecule has 16 heavy (non-hydrogen) atoms. The molecule has 0 aliphatic rings. The monoisotopic (exact) mass is 228 g/mol. The molecule has 1 heteroatoms. The fraction of sp³-hybridized carbons (Fsp3) is 1.00. The summed E-state index contributed by atoms with van der Waals surface area (Å²) >= 11 is 0. The zero-order chi connectivity index (χ0) is 12.1. The van der Waals surface area contributed by atoms with Gasteiger partial charge >= 0.3 is 0 Å². The van der Waals surface area contributed by atoms with Gasteiger partial charge in [0.2, 0.25) is 0 Å². The van der Waals surface area contributed by atoms with Crippen LogP contribution in [0.25, 0.3) is 0 Å². The molecule has 0 aliphatic carbocycles. The number of hydrogen-bond donors (Lipinski definition) is 1. The average molecular weight is 228 g/mol. The largest absolute Gasteiger partial charge is 0.393 e. The van der Waals surface area contributed by atoms with Gasteiger partial charge in [-0.1, -0.05) is 77.6 Å². The molecule has 1 atom stereocenters. The van der Waals surface area contributed by atoms with Crippen LogP contribution in [0.2, 0.25) is 0 Å². The minimum absolute atomic E-state index is 0.0986. The van der Waals surface area contributed by atoms with Crippen LogP contribution in [0, 0.1) is 0 Å². The van der Waals surface area contributed by atoms with Crippen LogP contribution in [0.15, 0.2) is 0 Å². The molecule has 0 amide bonds. The Balaban J connectivity index is 2.88. The van der Waals surface area contributed by atoms with Gasteiger partial charge in [-0.2, -0.15) is 0 Å². The van der Waals surface area contributed by atoms with Crippen LogP contribution in [0.5, 0.6) is 0 Å². The normalized spacial score (nSPS) is 12.9. The molecular weight excluding hydrogens is 196 g/mol. The first-order chi connectivity index (χ1) is 7.77. The second-order valence-electron chi connectivity index (χ2n) is 5.17. The van der Waals surface area contributed by atoms with Crippen LogP contribution in [0.3, 0.4) is 0 Å². The summed E-state index contributed by atoms with van der Waals surface area (Å²) in [5.41, 5.74) is 0.